The van der Waals surface area contributed by atoms with Crippen molar-refractivity contribution >= 4 is 0 Å². The number of piperidine rings is 1. The van der Waals surface area contributed by atoms with Crippen LogP contribution in [0.3, 0.4) is 0 Å². The van der Waals surface area contributed by atoms with Gasteiger partial charge in [0.05, 0.1) is 0 Å². The average Bonchev–Trinajstić information content (AvgIpc) is 2.37. The van der Waals surface area contributed by atoms with E-state index < -0.39 is 0 Å². The maximum atomic E-state index is 4.35. The van der Waals surface area contributed by atoms with Crippen LogP contribution in [0.5, 0.6) is 0 Å². The molecular weight excluding hydrogens is 321 g/mol. The summed E-state index contributed by atoms with van der Waals surface area (Å²) < 4.78 is 0. The molecule has 1 spiro atoms. The van der Waals surface area contributed by atoms with Crippen molar-refractivity contribution < 1.29 is 32.7 Å². The van der Waals surface area contributed by atoms with E-state index in [-0.39, 0.29) is 32.7 Å². The standard InChI is InChI=1S/C17H31N2.Y/c1-14(2)16-3-5-17(6-4-16)7-9-19(10-8-17)13-15-11-18-12-15;/h14-16H,3-13H2,1-2H3;/q-1;. The Morgan fingerprint density at radius 2 is 1.65 bits per heavy atom. The molecule has 2 aliphatic heterocycles. The second-order valence-electron chi connectivity index (χ2n) is 7.84. The van der Waals surface area contributed by atoms with Gasteiger partial charge in [-0.05, 0) is 75.4 Å². The van der Waals surface area contributed by atoms with E-state index in [1.165, 1.54) is 58.2 Å². The molecule has 20 heavy (non-hydrogen) atoms. The van der Waals surface area contributed by atoms with Gasteiger partial charge in [-0.25, -0.2) is 0 Å². The summed E-state index contributed by atoms with van der Waals surface area (Å²) in [5.74, 6) is 2.81. The molecule has 3 heteroatoms. The molecule has 3 fully saturated rings. The largest absolute Gasteiger partial charge is 0.662 e. The molecule has 2 nitrogen and oxygen atoms in total. The predicted octanol–water partition coefficient (Wildman–Crippen LogP) is 3.92. The quantitative estimate of drug-likeness (QED) is 0.753. The first-order valence-electron chi connectivity index (χ1n) is 8.52. The number of likely N-dealkylation sites (tertiary alicyclic amines) is 1. The molecule has 0 atom stereocenters. The number of hydrogen-bond acceptors (Lipinski definition) is 1. The summed E-state index contributed by atoms with van der Waals surface area (Å²) in [7, 11) is 0. The van der Waals surface area contributed by atoms with E-state index in [1.807, 2.05) is 0 Å². The van der Waals surface area contributed by atoms with Gasteiger partial charge in [0.15, 0.2) is 0 Å². The van der Waals surface area contributed by atoms with Crippen molar-refractivity contribution in [2.45, 2.75) is 52.4 Å². The van der Waals surface area contributed by atoms with Crippen molar-refractivity contribution in [3.05, 3.63) is 5.32 Å². The van der Waals surface area contributed by atoms with E-state index in [1.54, 1.807) is 0 Å². The van der Waals surface area contributed by atoms with Crippen LogP contribution in [0.25, 0.3) is 5.32 Å². The number of nitrogens with zero attached hydrogens (tertiary/aromatic N) is 2. The Morgan fingerprint density at radius 3 is 2.10 bits per heavy atom. The molecule has 1 saturated carbocycles. The Labute approximate surface area is 150 Å². The average molecular weight is 352 g/mol. The van der Waals surface area contributed by atoms with Crippen LogP contribution < -0.4 is 0 Å². The van der Waals surface area contributed by atoms with Gasteiger partial charge in [0.2, 0.25) is 0 Å². The Kier molecular flexibility index (Phi) is 6.54. The fraction of sp³-hybridized carbons (Fsp3) is 1.00. The minimum absolute atomic E-state index is 0. The molecule has 2 heterocycles. The van der Waals surface area contributed by atoms with Crippen molar-refractivity contribution in [3.63, 3.8) is 0 Å². The fourth-order valence-electron chi connectivity index (χ4n) is 4.42. The maximum Gasteiger partial charge on any atom is 0 e. The molecule has 0 unspecified atom stereocenters. The third kappa shape index (κ3) is 4.06. The molecule has 1 aliphatic carbocycles. The van der Waals surface area contributed by atoms with Crippen molar-refractivity contribution in [2.24, 2.45) is 23.2 Å². The Morgan fingerprint density at radius 1 is 1.05 bits per heavy atom. The summed E-state index contributed by atoms with van der Waals surface area (Å²) in [6, 6.07) is 0. The van der Waals surface area contributed by atoms with Crippen LogP contribution in [0.4, 0.5) is 0 Å². The van der Waals surface area contributed by atoms with E-state index >= 15 is 0 Å². The molecule has 3 aliphatic rings. The van der Waals surface area contributed by atoms with Gasteiger partial charge in [0, 0.05) is 32.7 Å². The Bertz CT molecular complexity index is 283. The molecular formula is C17H31N2Y-. The van der Waals surface area contributed by atoms with Crippen molar-refractivity contribution in [2.75, 3.05) is 32.7 Å². The van der Waals surface area contributed by atoms with Gasteiger partial charge in [0.25, 0.3) is 0 Å². The minimum atomic E-state index is 0. The normalized spacial score (nSPS) is 28.4. The van der Waals surface area contributed by atoms with Crippen LogP contribution in [0.2, 0.25) is 0 Å². The SMILES string of the molecule is CC(C)C1CCC2(CC1)CCN(CC1C[N-]C1)CC2.[Y]. The van der Waals surface area contributed by atoms with Crippen LogP contribution in [-0.4, -0.2) is 37.6 Å². The van der Waals surface area contributed by atoms with Crippen LogP contribution in [0, 0.1) is 23.2 Å². The van der Waals surface area contributed by atoms with E-state index in [9.17, 15) is 0 Å². The Balaban J connectivity index is 0.00000147. The van der Waals surface area contributed by atoms with Crippen LogP contribution in [0.1, 0.15) is 52.4 Å². The summed E-state index contributed by atoms with van der Waals surface area (Å²) in [6.07, 6.45) is 8.98. The summed E-state index contributed by atoms with van der Waals surface area (Å²) in [5, 5.41) is 4.35. The summed E-state index contributed by atoms with van der Waals surface area (Å²) in [6.45, 7) is 11.2. The van der Waals surface area contributed by atoms with Crippen molar-refractivity contribution in [1.82, 2.24) is 4.90 Å². The van der Waals surface area contributed by atoms with Gasteiger partial charge in [-0.1, -0.05) is 19.8 Å². The number of rotatable bonds is 3. The first-order chi connectivity index (χ1) is 9.17. The molecule has 0 aromatic carbocycles. The second kappa shape index (κ2) is 7.53. The molecule has 0 aromatic heterocycles. The van der Waals surface area contributed by atoms with Gasteiger partial charge in [0.1, 0.15) is 0 Å². The van der Waals surface area contributed by atoms with E-state index in [0.717, 1.165) is 36.3 Å². The molecule has 0 aromatic rings. The third-order valence-corrected chi connectivity index (χ3v) is 6.24. The van der Waals surface area contributed by atoms with Crippen LogP contribution in [-0.2, 0) is 32.7 Å². The minimum Gasteiger partial charge on any atom is -0.662 e. The van der Waals surface area contributed by atoms with Gasteiger partial charge in [-0.3, -0.25) is 0 Å². The summed E-state index contributed by atoms with van der Waals surface area (Å²) >= 11 is 0. The molecule has 2 saturated heterocycles. The van der Waals surface area contributed by atoms with Gasteiger partial charge >= 0.3 is 0 Å². The Hall–Kier alpha value is 1.02. The smallest absolute Gasteiger partial charge is 0 e. The van der Waals surface area contributed by atoms with E-state index in [4.69, 9.17) is 0 Å². The van der Waals surface area contributed by atoms with Gasteiger partial charge in [-0.2, -0.15) is 0 Å². The molecule has 0 bridgehead atoms. The molecule has 1 radical (unpaired) electrons. The van der Waals surface area contributed by atoms with Crippen LogP contribution in [0.15, 0.2) is 0 Å². The zero-order valence-corrected chi connectivity index (χ0v) is 16.3. The molecule has 0 N–H and O–H groups in total. The van der Waals surface area contributed by atoms with Gasteiger partial charge in [-0.15, -0.1) is 13.1 Å². The zero-order chi connectivity index (χ0) is 13.3. The van der Waals surface area contributed by atoms with E-state index in [2.05, 4.69) is 24.1 Å². The van der Waals surface area contributed by atoms with E-state index in [0.29, 0.717) is 0 Å². The summed E-state index contributed by atoms with van der Waals surface area (Å²) in [4.78, 5) is 2.72. The topological polar surface area (TPSA) is 17.3 Å². The first kappa shape index (κ1) is 17.4. The monoisotopic (exact) mass is 352 g/mol. The second-order valence-corrected chi connectivity index (χ2v) is 7.84. The molecule has 3 rings (SSSR count). The fourth-order valence-corrected chi connectivity index (χ4v) is 4.42. The van der Waals surface area contributed by atoms with Crippen molar-refractivity contribution in [1.29, 1.82) is 0 Å². The third-order valence-electron chi connectivity index (χ3n) is 6.24. The van der Waals surface area contributed by atoms with Crippen LogP contribution >= 0.6 is 0 Å². The maximum absolute atomic E-state index is 4.35. The zero-order valence-electron chi connectivity index (χ0n) is 13.5. The predicted molar refractivity (Wildman–Crippen MR) is 81.5 cm³/mol. The first-order valence-corrected chi connectivity index (χ1v) is 8.52. The molecule has 0 amide bonds. The molecule has 113 valence electrons. The van der Waals surface area contributed by atoms with Crippen molar-refractivity contribution in [3.8, 4) is 0 Å². The van der Waals surface area contributed by atoms with Gasteiger partial charge < -0.3 is 10.2 Å². The number of hydrogen-bond donors (Lipinski definition) is 0. The summed E-state index contributed by atoms with van der Waals surface area (Å²) in [5.41, 5.74) is 0.742.